The van der Waals surface area contributed by atoms with Crippen molar-refractivity contribution in [3.8, 4) is 0 Å². The molecule has 2 aromatic rings. The molecule has 0 spiro atoms. The molecule has 3 rings (SSSR count). The molecule has 0 unspecified atom stereocenters. The molecule has 1 aromatic carbocycles. The molecule has 1 aliphatic heterocycles. The summed E-state index contributed by atoms with van der Waals surface area (Å²) in [6, 6.07) is 8.19. The van der Waals surface area contributed by atoms with Gasteiger partial charge in [0.2, 0.25) is 21.8 Å². The number of sulfonamides is 1. The van der Waals surface area contributed by atoms with Gasteiger partial charge >= 0.3 is 0 Å². The number of benzene rings is 1. The summed E-state index contributed by atoms with van der Waals surface area (Å²) in [4.78, 5) is 30.2. The number of hydrogen-bond acceptors (Lipinski definition) is 5. The normalized spacial score (nSPS) is 15.5. The van der Waals surface area contributed by atoms with E-state index in [1.807, 2.05) is 6.07 Å². The minimum Gasteiger partial charge on any atom is -0.351 e. The lowest BCUT2D eigenvalue weighted by molar-refractivity contribution is -0.122. The summed E-state index contributed by atoms with van der Waals surface area (Å²) in [7, 11) is -0.868. The predicted molar refractivity (Wildman–Crippen MR) is 109 cm³/mol. The van der Waals surface area contributed by atoms with Crippen LogP contribution in [-0.4, -0.2) is 50.2 Å². The third-order valence-corrected chi connectivity index (χ3v) is 6.93. The van der Waals surface area contributed by atoms with Crippen molar-refractivity contribution >= 4 is 27.5 Å². The van der Waals surface area contributed by atoms with Crippen molar-refractivity contribution in [2.75, 3.05) is 25.5 Å². The second kappa shape index (κ2) is 7.57. The van der Waals surface area contributed by atoms with E-state index in [2.05, 4.69) is 10.3 Å². The summed E-state index contributed by atoms with van der Waals surface area (Å²) in [6.45, 7) is 3.48. The molecule has 0 saturated heterocycles. The molecule has 0 fully saturated rings. The van der Waals surface area contributed by atoms with Gasteiger partial charge < -0.3 is 10.2 Å². The summed E-state index contributed by atoms with van der Waals surface area (Å²) in [5, 5.41) is 2.68. The minimum atomic E-state index is -3.89. The van der Waals surface area contributed by atoms with Gasteiger partial charge in [0.15, 0.2) is 0 Å². The van der Waals surface area contributed by atoms with Crippen molar-refractivity contribution in [3.63, 3.8) is 0 Å². The molecular weight excluding hydrogens is 392 g/mol. The Balaban J connectivity index is 1.75. The highest BCUT2D eigenvalue weighted by molar-refractivity contribution is 7.89. The maximum atomic E-state index is 13.0. The Morgan fingerprint density at radius 2 is 2.00 bits per heavy atom. The molecule has 0 radical (unpaired) electrons. The number of aromatic nitrogens is 1. The molecule has 1 aromatic heterocycles. The quantitative estimate of drug-likeness (QED) is 0.765. The molecule has 8 nitrogen and oxygen atoms in total. The Hall–Kier alpha value is -2.78. The molecule has 1 N–H and O–H groups in total. The molecule has 0 bridgehead atoms. The van der Waals surface area contributed by atoms with Crippen LogP contribution in [0.25, 0.3) is 0 Å². The van der Waals surface area contributed by atoms with Crippen molar-refractivity contribution in [1.29, 1.82) is 0 Å². The third-order valence-electron chi connectivity index (χ3n) is 5.13. The molecular formula is C20H24N4O4S. The zero-order valence-electron chi connectivity index (χ0n) is 16.8. The molecule has 0 saturated carbocycles. The van der Waals surface area contributed by atoms with E-state index in [1.165, 1.54) is 24.1 Å². The first-order valence-electron chi connectivity index (χ1n) is 9.10. The highest BCUT2D eigenvalue weighted by atomic mass is 32.2. The third kappa shape index (κ3) is 3.88. The number of likely N-dealkylation sites (N-methyl/N-ethyl adjacent to an activating group) is 2. The number of carbonyl (C=O) groups is 2. The Morgan fingerprint density at radius 3 is 2.66 bits per heavy atom. The van der Waals surface area contributed by atoms with Gasteiger partial charge in [-0.05, 0) is 49.2 Å². The molecule has 0 atom stereocenters. The van der Waals surface area contributed by atoms with Crippen LogP contribution < -0.4 is 10.2 Å². The zero-order chi connectivity index (χ0) is 21.4. The van der Waals surface area contributed by atoms with E-state index >= 15 is 0 Å². The molecule has 0 aliphatic carbocycles. The molecule has 2 amide bonds. The van der Waals surface area contributed by atoms with Gasteiger partial charge in [-0.15, -0.1) is 0 Å². The summed E-state index contributed by atoms with van der Waals surface area (Å²) in [6.07, 6.45) is 3.26. The monoisotopic (exact) mass is 416 g/mol. The standard InChI is InChI=1S/C20H24N4O4S/c1-20(2)16-10-15(7-8-17(16)24(4)19(20)26)29(27,28)23(3)13-18(25)22-12-14-6-5-9-21-11-14/h5-11H,12-13H2,1-4H3,(H,22,25). The summed E-state index contributed by atoms with van der Waals surface area (Å²) < 4.78 is 26.9. The Morgan fingerprint density at radius 1 is 1.28 bits per heavy atom. The molecule has 1 aliphatic rings. The maximum Gasteiger partial charge on any atom is 0.243 e. The zero-order valence-corrected chi connectivity index (χ0v) is 17.7. The van der Waals surface area contributed by atoms with Crippen molar-refractivity contribution < 1.29 is 18.0 Å². The van der Waals surface area contributed by atoms with Crippen LogP contribution in [0.3, 0.4) is 0 Å². The van der Waals surface area contributed by atoms with Gasteiger partial charge in [-0.2, -0.15) is 4.31 Å². The number of anilines is 1. The molecule has 154 valence electrons. The first kappa shape index (κ1) is 20.9. The molecule has 2 heterocycles. The van der Waals surface area contributed by atoms with Crippen LogP contribution in [0.2, 0.25) is 0 Å². The van der Waals surface area contributed by atoms with Crippen LogP contribution >= 0.6 is 0 Å². The second-order valence-corrected chi connectivity index (χ2v) is 9.61. The maximum absolute atomic E-state index is 13.0. The van der Waals surface area contributed by atoms with Gasteiger partial charge in [-0.25, -0.2) is 8.42 Å². The van der Waals surface area contributed by atoms with E-state index in [0.717, 1.165) is 9.87 Å². The largest absolute Gasteiger partial charge is 0.351 e. The van der Waals surface area contributed by atoms with Gasteiger partial charge in [0.25, 0.3) is 0 Å². The minimum absolute atomic E-state index is 0.0509. The SMILES string of the molecule is CN1C(=O)C(C)(C)c2cc(S(=O)(=O)N(C)CC(=O)NCc3cccnc3)ccc21. The number of nitrogens with zero attached hydrogens (tertiary/aromatic N) is 3. The summed E-state index contributed by atoms with van der Waals surface area (Å²) >= 11 is 0. The van der Waals surface area contributed by atoms with E-state index in [-0.39, 0.29) is 23.9 Å². The van der Waals surface area contributed by atoms with Crippen molar-refractivity contribution in [1.82, 2.24) is 14.6 Å². The van der Waals surface area contributed by atoms with Crippen LogP contribution in [0.15, 0.2) is 47.6 Å². The summed E-state index contributed by atoms with van der Waals surface area (Å²) in [5.74, 6) is -0.512. The average molecular weight is 417 g/mol. The van der Waals surface area contributed by atoms with Gasteiger partial charge in [-0.3, -0.25) is 14.6 Å². The van der Waals surface area contributed by atoms with E-state index in [1.54, 1.807) is 45.4 Å². The van der Waals surface area contributed by atoms with Gasteiger partial charge in [0, 0.05) is 38.7 Å². The number of rotatable bonds is 6. The first-order chi connectivity index (χ1) is 13.5. The van der Waals surface area contributed by atoms with Gasteiger partial charge in [0.05, 0.1) is 16.9 Å². The van der Waals surface area contributed by atoms with Crippen LogP contribution in [0.5, 0.6) is 0 Å². The van der Waals surface area contributed by atoms with E-state index in [4.69, 9.17) is 0 Å². The Bertz CT molecular complexity index is 1050. The number of nitrogens with one attached hydrogen (secondary N) is 1. The van der Waals surface area contributed by atoms with Crippen molar-refractivity contribution in [3.05, 3.63) is 53.9 Å². The fraction of sp³-hybridized carbons (Fsp3) is 0.350. The van der Waals surface area contributed by atoms with Crippen LogP contribution in [0.4, 0.5) is 5.69 Å². The van der Waals surface area contributed by atoms with E-state index < -0.39 is 21.3 Å². The number of amides is 2. The average Bonchev–Trinajstić information content (AvgIpc) is 2.87. The highest BCUT2D eigenvalue weighted by Crippen LogP contribution is 2.41. The van der Waals surface area contributed by atoms with Crippen LogP contribution in [0.1, 0.15) is 25.0 Å². The van der Waals surface area contributed by atoms with Gasteiger partial charge in [-0.1, -0.05) is 6.07 Å². The molecule has 29 heavy (non-hydrogen) atoms. The fourth-order valence-electron chi connectivity index (χ4n) is 3.34. The van der Waals surface area contributed by atoms with E-state index in [9.17, 15) is 18.0 Å². The molecule has 9 heteroatoms. The topological polar surface area (TPSA) is 99.7 Å². The lowest BCUT2D eigenvalue weighted by Gasteiger charge is -2.19. The fourth-order valence-corrected chi connectivity index (χ4v) is 4.49. The van der Waals surface area contributed by atoms with Crippen molar-refractivity contribution in [2.45, 2.75) is 30.7 Å². The Kier molecular flexibility index (Phi) is 5.46. The van der Waals surface area contributed by atoms with E-state index in [0.29, 0.717) is 11.3 Å². The number of hydrogen-bond donors (Lipinski definition) is 1. The lowest BCUT2D eigenvalue weighted by Crippen LogP contribution is -2.38. The second-order valence-electron chi connectivity index (χ2n) is 7.57. The predicted octanol–water partition coefficient (Wildman–Crippen LogP) is 1.27. The van der Waals surface area contributed by atoms with Crippen LogP contribution in [0, 0.1) is 0 Å². The highest BCUT2D eigenvalue weighted by Gasteiger charge is 2.43. The first-order valence-corrected chi connectivity index (χ1v) is 10.5. The number of carbonyl (C=O) groups excluding carboxylic acids is 2. The number of pyridine rings is 1. The Labute approximate surface area is 170 Å². The summed E-state index contributed by atoms with van der Waals surface area (Å²) in [5.41, 5.74) is 1.35. The lowest BCUT2D eigenvalue weighted by atomic mass is 9.86. The van der Waals surface area contributed by atoms with Gasteiger partial charge in [0.1, 0.15) is 0 Å². The smallest absolute Gasteiger partial charge is 0.243 e. The van der Waals surface area contributed by atoms with Crippen molar-refractivity contribution in [2.24, 2.45) is 0 Å². The number of fused-ring (bicyclic) bond motifs is 1. The van der Waals surface area contributed by atoms with Crippen LogP contribution in [-0.2, 0) is 31.6 Å².